The molecule has 1 heterocycles. The molecule has 1 fully saturated rings. The van der Waals surface area contributed by atoms with Crippen LogP contribution in [0.15, 0.2) is 0 Å². The lowest BCUT2D eigenvalue weighted by Gasteiger charge is -2.33. The highest BCUT2D eigenvalue weighted by atomic mass is 15.2. The predicted octanol–water partition coefficient (Wildman–Crippen LogP) is 3.17. The fourth-order valence-corrected chi connectivity index (χ4v) is 3.44. The van der Waals surface area contributed by atoms with E-state index in [0.29, 0.717) is 11.5 Å². The number of nitriles is 1. The van der Waals surface area contributed by atoms with Crippen molar-refractivity contribution >= 4 is 0 Å². The maximum absolute atomic E-state index is 9.37. The van der Waals surface area contributed by atoms with Gasteiger partial charge < -0.3 is 0 Å². The van der Waals surface area contributed by atoms with Gasteiger partial charge in [-0.3, -0.25) is 10.2 Å². The zero-order chi connectivity index (χ0) is 14.5. The number of rotatable bonds is 7. The third kappa shape index (κ3) is 3.94. The van der Waals surface area contributed by atoms with Crippen molar-refractivity contribution in [2.24, 2.45) is 5.41 Å². The molecule has 0 aromatic rings. The first kappa shape index (κ1) is 16.5. The van der Waals surface area contributed by atoms with Crippen LogP contribution in [-0.4, -0.2) is 36.1 Å². The fraction of sp³-hybridized carbons (Fsp3) is 0.938. The minimum Gasteiger partial charge on any atom is -0.300 e. The maximum Gasteiger partial charge on any atom is 0.105 e. The van der Waals surface area contributed by atoms with Gasteiger partial charge in [0.1, 0.15) is 5.54 Å². The van der Waals surface area contributed by atoms with Crippen molar-refractivity contribution in [2.45, 2.75) is 71.9 Å². The smallest absolute Gasteiger partial charge is 0.105 e. The summed E-state index contributed by atoms with van der Waals surface area (Å²) < 4.78 is 0. The summed E-state index contributed by atoms with van der Waals surface area (Å²) in [6.45, 7) is 14.2. The van der Waals surface area contributed by atoms with Crippen molar-refractivity contribution in [3.8, 4) is 6.07 Å². The van der Waals surface area contributed by atoms with Gasteiger partial charge in [0.25, 0.3) is 0 Å². The van der Waals surface area contributed by atoms with Crippen molar-refractivity contribution in [3.05, 3.63) is 0 Å². The number of likely N-dealkylation sites (tertiary alicyclic amines) is 1. The Morgan fingerprint density at radius 1 is 1.37 bits per heavy atom. The van der Waals surface area contributed by atoms with Crippen LogP contribution in [0.25, 0.3) is 0 Å². The lowest BCUT2D eigenvalue weighted by atomic mass is 9.82. The van der Waals surface area contributed by atoms with Gasteiger partial charge in [-0.05, 0) is 58.0 Å². The van der Waals surface area contributed by atoms with Gasteiger partial charge in [-0.1, -0.05) is 20.8 Å². The molecule has 2 atom stereocenters. The summed E-state index contributed by atoms with van der Waals surface area (Å²) in [5.41, 5.74) is 0.132. The van der Waals surface area contributed by atoms with Gasteiger partial charge in [-0.2, -0.15) is 5.26 Å². The largest absolute Gasteiger partial charge is 0.300 e. The van der Waals surface area contributed by atoms with Crippen molar-refractivity contribution < 1.29 is 0 Å². The first-order valence-corrected chi connectivity index (χ1v) is 7.84. The Balaban J connectivity index is 2.61. The average Bonchev–Trinajstić information content (AvgIpc) is 2.84. The van der Waals surface area contributed by atoms with Gasteiger partial charge in [0.05, 0.1) is 6.07 Å². The zero-order valence-electron chi connectivity index (χ0n) is 13.4. The van der Waals surface area contributed by atoms with Gasteiger partial charge in [0.2, 0.25) is 0 Å². The van der Waals surface area contributed by atoms with Crippen LogP contribution < -0.4 is 5.32 Å². The van der Waals surface area contributed by atoms with E-state index < -0.39 is 5.54 Å². The highest BCUT2D eigenvalue weighted by molar-refractivity contribution is 5.06. The maximum atomic E-state index is 9.37. The Morgan fingerprint density at radius 3 is 2.42 bits per heavy atom. The second-order valence-electron chi connectivity index (χ2n) is 6.45. The highest BCUT2D eigenvalue weighted by Gasteiger charge is 2.38. The van der Waals surface area contributed by atoms with Gasteiger partial charge in [-0.15, -0.1) is 0 Å². The SMILES string of the molecule is CCNC(C)(C#N)CC(C)N1CCC(CC)(CC)C1. The Morgan fingerprint density at radius 2 is 2.00 bits per heavy atom. The minimum atomic E-state index is -0.391. The third-order valence-corrected chi connectivity index (χ3v) is 5.11. The van der Waals surface area contributed by atoms with E-state index in [1.807, 2.05) is 6.92 Å². The predicted molar refractivity (Wildman–Crippen MR) is 81.0 cm³/mol. The van der Waals surface area contributed by atoms with Gasteiger partial charge in [0.15, 0.2) is 0 Å². The molecule has 1 saturated heterocycles. The molecule has 1 aliphatic rings. The van der Waals surface area contributed by atoms with Gasteiger partial charge >= 0.3 is 0 Å². The molecule has 0 aromatic carbocycles. The fourth-order valence-electron chi connectivity index (χ4n) is 3.44. The molecule has 19 heavy (non-hydrogen) atoms. The Hall–Kier alpha value is -0.590. The van der Waals surface area contributed by atoms with E-state index in [1.54, 1.807) is 0 Å². The van der Waals surface area contributed by atoms with E-state index in [1.165, 1.54) is 32.4 Å². The highest BCUT2D eigenvalue weighted by Crippen LogP contribution is 2.38. The van der Waals surface area contributed by atoms with E-state index in [9.17, 15) is 5.26 Å². The number of hydrogen-bond donors (Lipinski definition) is 1. The summed E-state index contributed by atoms with van der Waals surface area (Å²) in [5, 5.41) is 12.7. The molecule has 0 aromatic heterocycles. The van der Waals surface area contributed by atoms with Gasteiger partial charge in [0, 0.05) is 12.6 Å². The van der Waals surface area contributed by atoms with Crippen LogP contribution in [0.2, 0.25) is 0 Å². The van der Waals surface area contributed by atoms with E-state index in [4.69, 9.17) is 0 Å². The Bertz CT molecular complexity index is 316. The van der Waals surface area contributed by atoms with E-state index >= 15 is 0 Å². The molecule has 0 amide bonds. The summed E-state index contributed by atoms with van der Waals surface area (Å²) in [6, 6.07) is 2.92. The molecule has 1 N–H and O–H groups in total. The molecule has 0 spiro atoms. The third-order valence-electron chi connectivity index (χ3n) is 5.11. The molecule has 3 nitrogen and oxygen atoms in total. The lowest BCUT2D eigenvalue weighted by molar-refractivity contribution is 0.178. The van der Waals surface area contributed by atoms with Crippen molar-refractivity contribution in [1.82, 2.24) is 10.2 Å². The molecule has 0 saturated carbocycles. The van der Waals surface area contributed by atoms with Crippen LogP contribution in [0.3, 0.4) is 0 Å². The second-order valence-corrected chi connectivity index (χ2v) is 6.45. The summed E-state index contributed by atoms with van der Waals surface area (Å²) in [5.74, 6) is 0. The zero-order valence-corrected chi connectivity index (χ0v) is 13.4. The molecule has 0 bridgehead atoms. The molecule has 3 heteroatoms. The van der Waals surface area contributed by atoms with E-state index in [-0.39, 0.29) is 0 Å². The van der Waals surface area contributed by atoms with Crippen LogP contribution in [0.5, 0.6) is 0 Å². The van der Waals surface area contributed by atoms with Crippen LogP contribution in [0.4, 0.5) is 0 Å². The second kappa shape index (κ2) is 6.72. The summed E-state index contributed by atoms with van der Waals surface area (Å²) in [7, 11) is 0. The molecule has 0 aliphatic carbocycles. The quantitative estimate of drug-likeness (QED) is 0.768. The van der Waals surface area contributed by atoms with Crippen molar-refractivity contribution in [1.29, 1.82) is 5.26 Å². The average molecular weight is 265 g/mol. The van der Waals surface area contributed by atoms with Crippen LogP contribution in [-0.2, 0) is 0 Å². The lowest BCUT2D eigenvalue weighted by Crippen LogP contribution is -2.47. The summed E-state index contributed by atoms with van der Waals surface area (Å²) in [4.78, 5) is 2.58. The monoisotopic (exact) mass is 265 g/mol. The number of nitrogens with one attached hydrogen (secondary N) is 1. The number of nitrogens with zero attached hydrogens (tertiary/aromatic N) is 2. The van der Waals surface area contributed by atoms with Crippen LogP contribution in [0, 0.1) is 16.7 Å². The Labute approximate surface area is 119 Å². The first-order valence-electron chi connectivity index (χ1n) is 7.84. The Kier molecular flexibility index (Phi) is 5.82. The normalized spacial score (nSPS) is 23.8. The van der Waals surface area contributed by atoms with Crippen molar-refractivity contribution in [3.63, 3.8) is 0 Å². The van der Waals surface area contributed by atoms with E-state index in [0.717, 1.165) is 13.0 Å². The molecular weight excluding hydrogens is 234 g/mol. The van der Waals surface area contributed by atoms with Crippen molar-refractivity contribution in [2.75, 3.05) is 19.6 Å². The van der Waals surface area contributed by atoms with Crippen LogP contribution >= 0.6 is 0 Å². The molecular formula is C16H31N3. The summed E-state index contributed by atoms with van der Waals surface area (Å²) in [6.07, 6.45) is 4.76. The van der Waals surface area contributed by atoms with Gasteiger partial charge in [-0.25, -0.2) is 0 Å². The first-order chi connectivity index (χ1) is 8.94. The molecule has 110 valence electrons. The van der Waals surface area contributed by atoms with Crippen LogP contribution in [0.1, 0.15) is 60.3 Å². The standard InChI is InChI=1S/C16H31N3/c1-6-16(7-2)9-10-19(13-16)14(4)11-15(5,12-17)18-8-3/h14,18H,6-11,13H2,1-5H3. The topological polar surface area (TPSA) is 39.1 Å². The molecule has 1 aliphatic heterocycles. The summed E-state index contributed by atoms with van der Waals surface area (Å²) >= 11 is 0. The molecule has 2 unspecified atom stereocenters. The van der Waals surface area contributed by atoms with E-state index in [2.05, 4.69) is 44.0 Å². The molecule has 1 rings (SSSR count). The molecule has 0 radical (unpaired) electrons. The number of hydrogen-bond acceptors (Lipinski definition) is 3. The minimum absolute atomic E-state index is 0.391.